The predicted molar refractivity (Wildman–Crippen MR) is 168 cm³/mol. The van der Waals surface area contributed by atoms with Crippen molar-refractivity contribution in [1.82, 2.24) is 24.6 Å². The average molecular weight is 700 g/mol. The minimum absolute atomic E-state index is 0.0470. The molecule has 2 fully saturated rings. The smallest absolute Gasteiger partial charge is 0.475 e. The highest BCUT2D eigenvalue weighted by molar-refractivity contribution is 6.31. The zero-order valence-electron chi connectivity index (χ0n) is 27.1. The van der Waals surface area contributed by atoms with Crippen molar-refractivity contribution in [2.24, 2.45) is 5.92 Å². The summed E-state index contributed by atoms with van der Waals surface area (Å²) in [6.45, 7) is 6.33. The Morgan fingerprint density at radius 3 is 2.33 bits per heavy atom. The number of amides is 1. The number of aromatic nitrogens is 3. The third-order valence-corrected chi connectivity index (χ3v) is 9.45. The summed E-state index contributed by atoms with van der Waals surface area (Å²) in [5.74, 6) is -2.85. The number of hydrogen-bond donors (Lipinski definition) is 1. The Labute approximate surface area is 280 Å². The van der Waals surface area contributed by atoms with Gasteiger partial charge in [0.25, 0.3) is 0 Å². The molecule has 262 valence electrons. The molecule has 9 nitrogen and oxygen atoms in total. The van der Waals surface area contributed by atoms with Crippen molar-refractivity contribution in [1.29, 1.82) is 0 Å². The molecule has 2 aliphatic rings. The summed E-state index contributed by atoms with van der Waals surface area (Å²) in [6, 6.07) is 9.64. The lowest BCUT2D eigenvalue weighted by Gasteiger charge is -2.34. The number of likely N-dealkylation sites (N-methyl/N-ethyl adjacent to an activating group) is 1. The van der Waals surface area contributed by atoms with Crippen molar-refractivity contribution in [3.8, 4) is 5.69 Å². The fraction of sp³-hybridized carbons (Fsp3) is 0.515. The number of carbonyl (C=O) groups is 2. The molecule has 2 aromatic carbocycles. The van der Waals surface area contributed by atoms with Crippen LogP contribution in [0.25, 0.3) is 5.69 Å². The van der Waals surface area contributed by atoms with Gasteiger partial charge < -0.3 is 19.6 Å². The molecule has 3 aromatic rings. The van der Waals surface area contributed by atoms with Crippen molar-refractivity contribution >= 4 is 23.5 Å². The minimum Gasteiger partial charge on any atom is -0.475 e. The van der Waals surface area contributed by atoms with Crippen molar-refractivity contribution in [3.63, 3.8) is 0 Å². The third-order valence-electron chi connectivity index (χ3n) is 9.03. The van der Waals surface area contributed by atoms with Gasteiger partial charge in [-0.25, -0.2) is 23.2 Å². The number of aryl methyl sites for hydroxylation is 2. The lowest BCUT2D eigenvalue weighted by Crippen LogP contribution is -2.42. The summed E-state index contributed by atoms with van der Waals surface area (Å²) in [7, 11) is 3.68. The van der Waals surface area contributed by atoms with E-state index in [1.54, 1.807) is 7.11 Å². The number of piperidine rings is 1. The number of methoxy groups -OCH3 is 1. The monoisotopic (exact) mass is 699 g/mol. The number of hydrogen-bond acceptors (Lipinski definition) is 6. The van der Waals surface area contributed by atoms with E-state index in [-0.39, 0.29) is 29.7 Å². The van der Waals surface area contributed by atoms with E-state index in [1.807, 2.05) is 48.7 Å². The molecule has 1 saturated carbocycles. The minimum atomic E-state index is -5.08. The van der Waals surface area contributed by atoms with Crippen LogP contribution in [-0.2, 0) is 14.3 Å². The molecule has 15 heteroatoms. The van der Waals surface area contributed by atoms with Gasteiger partial charge in [0.2, 0.25) is 5.91 Å². The Morgan fingerprint density at radius 2 is 1.75 bits per heavy atom. The highest BCUT2D eigenvalue weighted by Gasteiger charge is 2.44. The number of alkyl halides is 3. The van der Waals surface area contributed by atoms with Crippen LogP contribution in [0.1, 0.15) is 60.3 Å². The van der Waals surface area contributed by atoms with Crippen LogP contribution in [0.4, 0.5) is 22.0 Å². The molecule has 0 bridgehead atoms. The lowest BCUT2D eigenvalue weighted by atomic mass is 9.86. The van der Waals surface area contributed by atoms with E-state index >= 15 is 0 Å². The topological polar surface area (TPSA) is 101 Å². The van der Waals surface area contributed by atoms with Gasteiger partial charge in [0.1, 0.15) is 23.3 Å². The first-order valence-electron chi connectivity index (χ1n) is 15.5. The molecule has 2 heterocycles. The van der Waals surface area contributed by atoms with Gasteiger partial charge in [-0.3, -0.25) is 4.79 Å². The van der Waals surface area contributed by atoms with Crippen LogP contribution in [0.2, 0.25) is 5.02 Å². The number of benzene rings is 2. The quantitative estimate of drug-likeness (QED) is 0.276. The molecular weight excluding hydrogens is 661 g/mol. The van der Waals surface area contributed by atoms with Crippen LogP contribution in [0.15, 0.2) is 36.4 Å². The predicted octanol–water partition coefficient (Wildman–Crippen LogP) is 6.30. The first-order chi connectivity index (χ1) is 22.6. The number of ether oxygens (including phenoxy) is 1. The van der Waals surface area contributed by atoms with Crippen LogP contribution < -0.4 is 0 Å². The van der Waals surface area contributed by atoms with E-state index < -0.39 is 23.8 Å². The van der Waals surface area contributed by atoms with Crippen molar-refractivity contribution in [3.05, 3.63) is 75.8 Å². The van der Waals surface area contributed by atoms with Crippen molar-refractivity contribution in [2.45, 2.75) is 63.6 Å². The molecule has 1 N–H and O–H groups in total. The number of rotatable bonds is 8. The van der Waals surface area contributed by atoms with E-state index in [4.69, 9.17) is 31.2 Å². The molecule has 1 aliphatic carbocycles. The molecule has 0 radical (unpaired) electrons. The lowest BCUT2D eigenvalue weighted by molar-refractivity contribution is -0.192. The fourth-order valence-corrected chi connectivity index (χ4v) is 6.56. The zero-order chi connectivity index (χ0) is 35.3. The number of aliphatic carboxylic acids is 1. The summed E-state index contributed by atoms with van der Waals surface area (Å²) in [4.78, 5) is 31.8. The van der Waals surface area contributed by atoms with Gasteiger partial charge in [0.15, 0.2) is 0 Å². The SMILES string of the molecule is COCCN(C)C1C[C@@H](C(=O)N2CCC(c3nc(C)nn3-c3ccc(Cl)c(C)c3)CC2)[C@H](c2ccc(F)cc2F)C1.O=C(O)C(F)(F)F. The van der Waals surface area contributed by atoms with Crippen LogP contribution in [0.5, 0.6) is 0 Å². The molecule has 1 aliphatic heterocycles. The maximum Gasteiger partial charge on any atom is 0.490 e. The van der Waals surface area contributed by atoms with Crippen molar-refractivity contribution < 1.29 is 41.4 Å². The molecule has 1 saturated heterocycles. The molecule has 1 unspecified atom stereocenters. The largest absolute Gasteiger partial charge is 0.490 e. The fourth-order valence-electron chi connectivity index (χ4n) is 6.45. The summed E-state index contributed by atoms with van der Waals surface area (Å²) in [6.07, 6.45) is -2.30. The first kappa shape index (κ1) is 37.2. The van der Waals surface area contributed by atoms with E-state index in [0.717, 1.165) is 42.5 Å². The second-order valence-electron chi connectivity index (χ2n) is 12.2. The number of nitrogens with zero attached hydrogens (tertiary/aromatic N) is 5. The third kappa shape index (κ3) is 8.88. The highest BCUT2D eigenvalue weighted by Crippen LogP contribution is 2.44. The van der Waals surface area contributed by atoms with Gasteiger partial charge in [0.05, 0.1) is 12.3 Å². The standard InChI is InChI=1S/C31H38ClF2N5O2.C2HF3O2/c1-19-15-23(6-8-28(19)32)39-30(35-20(2)36-39)21-9-11-38(12-10-21)31(40)27-18-24(37(3)13-14-41-4)17-26(27)25-7-5-22(33)16-29(25)34;3-2(4,5)1(6)7/h5-8,15-16,21,24,26-27H,9-14,17-18H2,1-4H3;(H,6,7)/t24?,26-,27+;/m0./s1. The molecule has 1 amide bonds. The zero-order valence-corrected chi connectivity index (χ0v) is 27.9. The Hall–Kier alpha value is -3.62. The Kier molecular flexibility index (Phi) is 12.2. The van der Waals surface area contributed by atoms with E-state index in [0.29, 0.717) is 48.9 Å². The maximum atomic E-state index is 15.0. The molecule has 5 rings (SSSR count). The summed E-state index contributed by atoms with van der Waals surface area (Å²) < 4.78 is 67.6. The van der Waals surface area contributed by atoms with Gasteiger partial charge in [0, 0.05) is 55.7 Å². The Morgan fingerprint density at radius 1 is 1.08 bits per heavy atom. The van der Waals surface area contributed by atoms with Crippen molar-refractivity contribution in [2.75, 3.05) is 40.4 Å². The second kappa shape index (κ2) is 15.7. The van der Waals surface area contributed by atoms with Gasteiger partial charge in [-0.1, -0.05) is 17.7 Å². The number of likely N-dealkylation sites (tertiary alicyclic amines) is 1. The van der Waals surface area contributed by atoms with Gasteiger partial charge in [-0.15, -0.1) is 0 Å². The first-order valence-corrected chi connectivity index (χ1v) is 15.9. The summed E-state index contributed by atoms with van der Waals surface area (Å²) in [5, 5.41) is 12.5. The highest BCUT2D eigenvalue weighted by atomic mass is 35.5. The number of carboxylic acids is 1. The summed E-state index contributed by atoms with van der Waals surface area (Å²) >= 11 is 6.25. The van der Waals surface area contributed by atoms with Crippen LogP contribution in [0, 0.1) is 31.4 Å². The van der Waals surface area contributed by atoms with E-state index in [9.17, 15) is 26.7 Å². The maximum absolute atomic E-state index is 15.0. The normalized spacial score (nSPS) is 20.1. The van der Waals surface area contributed by atoms with Gasteiger partial charge in [-0.2, -0.15) is 18.3 Å². The number of carboxylic acid groups (broad SMARTS) is 1. The number of halogens is 6. The number of carbonyl (C=O) groups excluding carboxylic acids is 1. The molecule has 48 heavy (non-hydrogen) atoms. The van der Waals surface area contributed by atoms with Crippen LogP contribution >= 0.6 is 11.6 Å². The second-order valence-corrected chi connectivity index (χ2v) is 12.6. The average Bonchev–Trinajstić information content (AvgIpc) is 3.65. The Bertz CT molecular complexity index is 1590. The molecule has 0 spiro atoms. The molecule has 1 aromatic heterocycles. The molecule has 3 atom stereocenters. The van der Waals surface area contributed by atoms with Crippen LogP contribution in [0.3, 0.4) is 0 Å². The van der Waals surface area contributed by atoms with Gasteiger partial charge >= 0.3 is 12.1 Å². The van der Waals surface area contributed by atoms with E-state index in [1.165, 1.54) is 12.1 Å². The molecular formula is C33H39ClF5N5O4. The van der Waals surface area contributed by atoms with Crippen LogP contribution in [-0.4, -0.2) is 94.2 Å². The summed E-state index contributed by atoms with van der Waals surface area (Å²) in [5.41, 5.74) is 2.31. The van der Waals surface area contributed by atoms with E-state index in [2.05, 4.69) is 10.00 Å². The van der Waals surface area contributed by atoms with Gasteiger partial charge in [-0.05, 0) is 87.9 Å². The Balaban J connectivity index is 0.000000671.